The first-order valence-electron chi connectivity index (χ1n) is 10.9. The molecule has 1 aromatic carbocycles. The predicted molar refractivity (Wildman–Crippen MR) is 123 cm³/mol. The van der Waals surface area contributed by atoms with Crippen molar-refractivity contribution in [2.24, 2.45) is 0 Å². The van der Waals surface area contributed by atoms with E-state index in [0.717, 1.165) is 30.6 Å². The molecule has 1 fully saturated rings. The normalized spacial score (nSPS) is 15.8. The number of thiophene rings is 1. The average Bonchev–Trinajstić information content (AvgIpc) is 3.50. The Labute approximate surface area is 188 Å². The topological polar surface area (TPSA) is 78.5 Å². The molecule has 2 N–H and O–H groups in total. The molecule has 1 aliphatic carbocycles. The van der Waals surface area contributed by atoms with Gasteiger partial charge in [-0.3, -0.25) is 14.4 Å². The second-order valence-corrected chi connectivity index (χ2v) is 9.22. The average molecular weight is 442 g/mol. The van der Waals surface area contributed by atoms with Crippen LogP contribution in [-0.4, -0.2) is 40.7 Å². The number of rotatable bonds is 9. The minimum absolute atomic E-state index is 0.124. The van der Waals surface area contributed by atoms with Gasteiger partial charge < -0.3 is 15.5 Å². The highest BCUT2D eigenvalue weighted by Crippen LogP contribution is 2.26. The minimum Gasteiger partial charge on any atom is -0.351 e. The summed E-state index contributed by atoms with van der Waals surface area (Å²) in [4.78, 5) is 41.6. The zero-order valence-electron chi connectivity index (χ0n) is 18.2. The smallest absolute Gasteiger partial charge is 0.251 e. The van der Waals surface area contributed by atoms with E-state index in [9.17, 15) is 14.4 Å². The summed E-state index contributed by atoms with van der Waals surface area (Å²) in [6.07, 6.45) is 4.69. The molecule has 1 saturated carbocycles. The number of carbonyl (C=O) groups is 3. The van der Waals surface area contributed by atoms with Crippen LogP contribution in [0.5, 0.6) is 0 Å². The molecule has 166 valence electrons. The Kier molecular flexibility index (Phi) is 7.85. The maximum Gasteiger partial charge on any atom is 0.251 e. The quantitative estimate of drug-likeness (QED) is 0.622. The lowest BCUT2D eigenvalue weighted by atomic mass is 9.93. The molecular weight excluding hydrogens is 410 g/mol. The molecule has 1 aromatic heterocycles. The van der Waals surface area contributed by atoms with Crippen LogP contribution >= 0.6 is 11.3 Å². The highest BCUT2D eigenvalue weighted by Gasteiger charge is 2.41. The predicted octanol–water partition coefficient (Wildman–Crippen LogP) is 3.73. The van der Waals surface area contributed by atoms with Crippen LogP contribution in [0.2, 0.25) is 0 Å². The van der Waals surface area contributed by atoms with Gasteiger partial charge in [-0.25, -0.2) is 0 Å². The maximum absolute atomic E-state index is 13.3. The number of nitrogens with one attached hydrogen (secondary N) is 2. The van der Waals surface area contributed by atoms with Gasteiger partial charge in [-0.05, 0) is 49.8 Å². The van der Waals surface area contributed by atoms with Crippen LogP contribution in [0.1, 0.15) is 61.2 Å². The van der Waals surface area contributed by atoms with Crippen molar-refractivity contribution in [3.8, 4) is 0 Å². The Morgan fingerprint density at radius 1 is 1.10 bits per heavy atom. The SMILES string of the molecule is CC[C@](C)(C(=O)NC1CCCC1)N(Cc1cccs1)C(=O)CNC(=O)c1ccccc1. The fraction of sp³-hybridized carbons (Fsp3) is 0.458. The molecule has 7 heteroatoms. The molecule has 3 rings (SSSR count). The lowest BCUT2D eigenvalue weighted by Crippen LogP contribution is -2.60. The van der Waals surface area contributed by atoms with Gasteiger partial charge in [0.2, 0.25) is 11.8 Å². The zero-order valence-corrected chi connectivity index (χ0v) is 19.0. The molecule has 1 aliphatic rings. The summed E-state index contributed by atoms with van der Waals surface area (Å²) in [5.41, 5.74) is -0.501. The monoisotopic (exact) mass is 441 g/mol. The van der Waals surface area contributed by atoms with Crippen LogP contribution in [0.4, 0.5) is 0 Å². The fourth-order valence-electron chi connectivity index (χ4n) is 3.92. The van der Waals surface area contributed by atoms with Crippen LogP contribution in [0.3, 0.4) is 0 Å². The Bertz CT molecular complexity index is 879. The minimum atomic E-state index is -0.999. The van der Waals surface area contributed by atoms with E-state index in [-0.39, 0.29) is 30.3 Å². The highest BCUT2D eigenvalue weighted by molar-refractivity contribution is 7.09. The van der Waals surface area contributed by atoms with Crippen molar-refractivity contribution in [3.05, 3.63) is 58.3 Å². The first kappa shape index (κ1) is 23.0. The van der Waals surface area contributed by atoms with E-state index in [1.165, 1.54) is 0 Å². The van der Waals surface area contributed by atoms with E-state index in [4.69, 9.17) is 0 Å². The molecule has 6 nitrogen and oxygen atoms in total. The Morgan fingerprint density at radius 2 is 1.81 bits per heavy atom. The number of nitrogens with zero attached hydrogens (tertiary/aromatic N) is 1. The van der Waals surface area contributed by atoms with Crippen LogP contribution < -0.4 is 10.6 Å². The number of amides is 3. The highest BCUT2D eigenvalue weighted by atomic mass is 32.1. The van der Waals surface area contributed by atoms with Gasteiger partial charge in [-0.15, -0.1) is 11.3 Å². The second kappa shape index (κ2) is 10.6. The molecule has 2 aromatic rings. The molecule has 1 atom stereocenters. The summed E-state index contributed by atoms with van der Waals surface area (Å²) >= 11 is 1.55. The van der Waals surface area contributed by atoms with Crippen molar-refractivity contribution in [3.63, 3.8) is 0 Å². The van der Waals surface area contributed by atoms with E-state index in [1.807, 2.05) is 37.4 Å². The molecule has 0 unspecified atom stereocenters. The van der Waals surface area contributed by atoms with Gasteiger partial charge >= 0.3 is 0 Å². The van der Waals surface area contributed by atoms with Crippen molar-refractivity contribution in [2.75, 3.05) is 6.54 Å². The van der Waals surface area contributed by atoms with Crippen molar-refractivity contribution in [2.45, 2.75) is 64.1 Å². The number of hydrogen-bond donors (Lipinski definition) is 2. The molecule has 3 amide bonds. The van der Waals surface area contributed by atoms with Crippen molar-refractivity contribution in [1.82, 2.24) is 15.5 Å². The van der Waals surface area contributed by atoms with E-state index >= 15 is 0 Å². The lowest BCUT2D eigenvalue weighted by Gasteiger charge is -2.40. The van der Waals surface area contributed by atoms with E-state index in [2.05, 4.69) is 10.6 Å². The van der Waals surface area contributed by atoms with Gasteiger partial charge in [0.1, 0.15) is 5.54 Å². The molecule has 0 radical (unpaired) electrons. The van der Waals surface area contributed by atoms with Crippen LogP contribution in [0, 0.1) is 0 Å². The third-order valence-electron chi connectivity index (χ3n) is 6.09. The van der Waals surface area contributed by atoms with Crippen molar-refractivity contribution >= 4 is 29.1 Å². The molecular formula is C24H31N3O3S. The van der Waals surface area contributed by atoms with Gasteiger partial charge in [0.05, 0.1) is 13.1 Å². The summed E-state index contributed by atoms with van der Waals surface area (Å²) in [5, 5.41) is 7.82. The van der Waals surface area contributed by atoms with Gasteiger partial charge in [-0.2, -0.15) is 0 Å². The molecule has 31 heavy (non-hydrogen) atoms. The largest absolute Gasteiger partial charge is 0.351 e. The van der Waals surface area contributed by atoms with Crippen molar-refractivity contribution < 1.29 is 14.4 Å². The van der Waals surface area contributed by atoms with Crippen molar-refractivity contribution in [1.29, 1.82) is 0 Å². The summed E-state index contributed by atoms with van der Waals surface area (Å²) in [6.45, 7) is 3.92. The molecule has 0 saturated heterocycles. The van der Waals surface area contributed by atoms with Crippen LogP contribution in [-0.2, 0) is 16.1 Å². The Hall–Kier alpha value is -2.67. The molecule has 1 heterocycles. The second-order valence-electron chi connectivity index (χ2n) is 8.19. The van der Waals surface area contributed by atoms with E-state index < -0.39 is 5.54 Å². The summed E-state index contributed by atoms with van der Waals surface area (Å²) < 4.78 is 0. The standard InChI is InChI=1S/C24H31N3O3S/c1-3-24(2,23(30)26-19-12-7-8-13-19)27(17-20-14-9-15-31-20)21(28)16-25-22(29)18-10-5-4-6-11-18/h4-6,9-11,14-15,19H,3,7-8,12-13,16-17H2,1-2H3,(H,25,29)(H,26,30)/t24-/m1/s1. The summed E-state index contributed by atoms with van der Waals surface area (Å²) in [5.74, 6) is -0.705. The fourth-order valence-corrected chi connectivity index (χ4v) is 4.62. The summed E-state index contributed by atoms with van der Waals surface area (Å²) in [7, 11) is 0. The van der Waals surface area contributed by atoms with Gasteiger partial charge in [0.25, 0.3) is 5.91 Å². The van der Waals surface area contributed by atoms with Gasteiger partial charge in [-0.1, -0.05) is 44.0 Å². The lowest BCUT2D eigenvalue weighted by molar-refractivity contribution is -0.147. The first-order chi connectivity index (χ1) is 14.9. The molecule has 0 bridgehead atoms. The Morgan fingerprint density at radius 3 is 2.42 bits per heavy atom. The van der Waals surface area contributed by atoms with E-state index in [0.29, 0.717) is 18.5 Å². The third-order valence-corrected chi connectivity index (χ3v) is 6.96. The Balaban J connectivity index is 1.75. The van der Waals surface area contributed by atoms with Crippen LogP contribution in [0.15, 0.2) is 47.8 Å². The van der Waals surface area contributed by atoms with Gasteiger partial charge in [0.15, 0.2) is 0 Å². The summed E-state index contributed by atoms with van der Waals surface area (Å²) in [6, 6.07) is 12.9. The third kappa shape index (κ3) is 5.73. The zero-order chi connectivity index (χ0) is 22.3. The van der Waals surface area contributed by atoms with E-state index in [1.54, 1.807) is 40.5 Å². The first-order valence-corrected chi connectivity index (χ1v) is 11.8. The van der Waals surface area contributed by atoms with Crippen LogP contribution in [0.25, 0.3) is 0 Å². The molecule has 0 spiro atoms. The number of hydrogen-bond acceptors (Lipinski definition) is 4. The number of benzene rings is 1. The maximum atomic E-state index is 13.3. The number of carbonyl (C=O) groups excluding carboxylic acids is 3. The molecule has 0 aliphatic heterocycles. The van der Waals surface area contributed by atoms with Gasteiger partial charge in [0, 0.05) is 16.5 Å².